The van der Waals surface area contributed by atoms with Crippen LogP contribution >= 0.6 is 0 Å². The molecule has 0 aliphatic rings. The van der Waals surface area contributed by atoms with Crippen LogP contribution in [0.2, 0.25) is 0 Å². The molecule has 0 aliphatic carbocycles. The van der Waals surface area contributed by atoms with Gasteiger partial charge in [0.25, 0.3) is 5.91 Å². The molecule has 0 heterocycles. The Bertz CT molecular complexity index is 554. The van der Waals surface area contributed by atoms with Crippen molar-refractivity contribution in [2.24, 2.45) is 5.92 Å². The van der Waals surface area contributed by atoms with E-state index in [1.54, 1.807) is 6.92 Å². The number of carbonyl (C=O) groups is 3. The Labute approximate surface area is 135 Å². The van der Waals surface area contributed by atoms with Gasteiger partial charge in [-0.1, -0.05) is 13.8 Å². The molecule has 1 unspecified atom stereocenters. The largest absolute Gasteiger partial charge is 0.466 e. The van der Waals surface area contributed by atoms with E-state index >= 15 is 0 Å². The van der Waals surface area contributed by atoms with E-state index in [2.05, 4.69) is 5.32 Å². The molecule has 1 N–H and O–H groups in total. The maximum absolute atomic E-state index is 12.9. The summed E-state index contributed by atoms with van der Waals surface area (Å²) in [5, 5.41) is 2.54. The minimum Gasteiger partial charge on any atom is -0.466 e. The number of ether oxygens (including phenoxy) is 1. The number of rotatable bonds is 8. The van der Waals surface area contributed by atoms with E-state index in [0.29, 0.717) is 0 Å². The summed E-state index contributed by atoms with van der Waals surface area (Å²) in [5.74, 6) is -1.66. The fraction of sp³-hybridized carbons (Fsp3) is 0.471. The van der Waals surface area contributed by atoms with Crippen molar-refractivity contribution in [2.75, 3.05) is 6.61 Å². The first kappa shape index (κ1) is 18.8. The normalized spacial score (nSPS) is 11.9. The highest BCUT2D eigenvalue weighted by Crippen LogP contribution is 2.09. The SMILES string of the molecule is CCOC(=O)CC(NC(=O)c1ccc(F)cc1)C(=O)CC(C)C. The molecular weight excluding hydrogens is 301 g/mol. The number of halogens is 1. The molecule has 0 fully saturated rings. The van der Waals surface area contributed by atoms with Gasteiger partial charge in [0, 0.05) is 12.0 Å². The number of benzene rings is 1. The molecule has 0 saturated heterocycles. The molecule has 0 saturated carbocycles. The summed E-state index contributed by atoms with van der Waals surface area (Å²) >= 11 is 0. The number of carbonyl (C=O) groups excluding carboxylic acids is 3. The van der Waals surface area contributed by atoms with Crippen LogP contribution in [0.3, 0.4) is 0 Å². The van der Waals surface area contributed by atoms with Gasteiger partial charge in [-0.3, -0.25) is 14.4 Å². The quantitative estimate of drug-likeness (QED) is 0.746. The average Bonchev–Trinajstić information content (AvgIpc) is 2.46. The van der Waals surface area contributed by atoms with E-state index in [4.69, 9.17) is 4.74 Å². The molecule has 0 radical (unpaired) electrons. The zero-order chi connectivity index (χ0) is 17.4. The predicted molar refractivity (Wildman–Crippen MR) is 83.4 cm³/mol. The number of nitrogens with one attached hydrogen (secondary N) is 1. The van der Waals surface area contributed by atoms with Crippen LogP contribution in [0.5, 0.6) is 0 Å². The Hall–Kier alpha value is -2.24. The van der Waals surface area contributed by atoms with Gasteiger partial charge in [0.1, 0.15) is 5.82 Å². The maximum Gasteiger partial charge on any atom is 0.308 e. The second-order valence-electron chi connectivity index (χ2n) is 5.61. The molecule has 5 nitrogen and oxygen atoms in total. The Morgan fingerprint density at radius 3 is 2.26 bits per heavy atom. The Kier molecular flexibility index (Phi) is 7.38. The summed E-state index contributed by atoms with van der Waals surface area (Å²) in [4.78, 5) is 36.0. The summed E-state index contributed by atoms with van der Waals surface area (Å²) < 4.78 is 17.7. The Morgan fingerprint density at radius 1 is 1.13 bits per heavy atom. The van der Waals surface area contributed by atoms with Crippen molar-refractivity contribution >= 4 is 17.7 Å². The highest BCUT2D eigenvalue weighted by Gasteiger charge is 2.25. The highest BCUT2D eigenvalue weighted by atomic mass is 19.1. The van der Waals surface area contributed by atoms with Gasteiger partial charge in [0.15, 0.2) is 5.78 Å². The van der Waals surface area contributed by atoms with Crippen LogP contribution in [0.4, 0.5) is 4.39 Å². The molecule has 23 heavy (non-hydrogen) atoms. The molecule has 1 atom stereocenters. The number of hydrogen-bond acceptors (Lipinski definition) is 4. The zero-order valence-electron chi connectivity index (χ0n) is 13.6. The average molecular weight is 323 g/mol. The Balaban J connectivity index is 2.81. The molecule has 0 spiro atoms. The van der Waals surface area contributed by atoms with Crippen LogP contribution in [-0.4, -0.2) is 30.3 Å². The van der Waals surface area contributed by atoms with Gasteiger partial charge in [-0.05, 0) is 37.1 Å². The molecule has 1 amide bonds. The lowest BCUT2D eigenvalue weighted by atomic mass is 9.99. The van der Waals surface area contributed by atoms with Gasteiger partial charge >= 0.3 is 5.97 Å². The molecule has 6 heteroatoms. The molecule has 0 aromatic heterocycles. The van der Waals surface area contributed by atoms with Crippen molar-refractivity contribution in [3.8, 4) is 0 Å². The standard InChI is InChI=1S/C17H22FNO4/c1-4-23-16(21)10-14(15(20)9-11(2)3)19-17(22)12-5-7-13(18)8-6-12/h5-8,11,14H,4,9-10H2,1-3H3,(H,19,22). The number of Topliss-reactive ketones (excluding diaryl/α,β-unsaturated/α-hetero) is 1. The molecule has 1 aromatic rings. The van der Waals surface area contributed by atoms with Crippen LogP contribution in [0, 0.1) is 11.7 Å². The lowest BCUT2D eigenvalue weighted by Gasteiger charge is -2.18. The fourth-order valence-electron chi connectivity index (χ4n) is 2.02. The number of ketones is 1. The first-order valence-corrected chi connectivity index (χ1v) is 7.58. The smallest absolute Gasteiger partial charge is 0.308 e. The number of esters is 1. The van der Waals surface area contributed by atoms with Crippen LogP contribution in [0.15, 0.2) is 24.3 Å². The zero-order valence-corrected chi connectivity index (χ0v) is 13.6. The minimum atomic E-state index is -0.950. The fourth-order valence-corrected chi connectivity index (χ4v) is 2.02. The second-order valence-corrected chi connectivity index (χ2v) is 5.61. The monoisotopic (exact) mass is 323 g/mol. The van der Waals surface area contributed by atoms with Crippen molar-refractivity contribution in [2.45, 2.75) is 39.7 Å². The van der Waals surface area contributed by atoms with Crippen molar-refractivity contribution < 1.29 is 23.5 Å². The first-order valence-electron chi connectivity index (χ1n) is 7.58. The van der Waals surface area contributed by atoms with Gasteiger partial charge in [-0.15, -0.1) is 0 Å². The lowest BCUT2D eigenvalue weighted by molar-refractivity contribution is -0.145. The number of hydrogen-bond donors (Lipinski definition) is 1. The van der Waals surface area contributed by atoms with Crippen LogP contribution in [0.25, 0.3) is 0 Å². The van der Waals surface area contributed by atoms with Gasteiger partial charge in [0.2, 0.25) is 0 Å². The highest BCUT2D eigenvalue weighted by molar-refractivity contribution is 5.99. The molecule has 0 aliphatic heterocycles. The van der Waals surface area contributed by atoms with Crippen molar-refractivity contribution in [1.29, 1.82) is 0 Å². The van der Waals surface area contributed by atoms with Crippen molar-refractivity contribution in [3.63, 3.8) is 0 Å². The van der Waals surface area contributed by atoms with Crippen molar-refractivity contribution in [3.05, 3.63) is 35.6 Å². The molecule has 1 rings (SSSR count). The third-order valence-corrected chi connectivity index (χ3v) is 3.09. The van der Waals surface area contributed by atoms with Crippen LogP contribution < -0.4 is 5.32 Å². The van der Waals surface area contributed by atoms with Gasteiger partial charge in [-0.2, -0.15) is 0 Å². The van der Waals surface area contributed by atoms with Crippen LogP contribution in [-0.2, 0) is 14.3 Å². The lowest BCUT2D eigenvalue weighted by Crippen LogP contribution is -2.43. The van der Waals surface area contributed by atoms with E-state index in [1.165, 1.54) is 12.1 Å². The minimum absolute atomic E-state index is 0.106. The van der Waals surface area contributed by atoms with Crippen molar-refractivity contribution in [1.82, 2.24) is 5.32 Å². The molecule has 126 valence electrons. The summed E-state index contributed by atoms with van der Waals surface area (Å²) in [6.07, 6.45) is 0.0279. The van der Waals surface area contributed by atoms with Gasteiger partial charge in [0.05, 0.1) is 19.1 Å². The van der Waals surface area contributed by atoms with E-state index in [0.717, 1.165) is 12.1 Å². The van der Waals surface area contributed by atoms with E-state index in [-0.39, 0.29) is 36.7 Å². The van der Waals surface area contributed by atoms with E-state index in [9.17, 15) is 18.8 Å². The number of amides is 1. The summed E-state index contributed by atoms with van der Waals surface area (Å²) in [5.41, 5.74) is 0.220. The molecular formula is C17H22FNO4. The summed E-state index contributed by atoms with van der Waals surface area (Å²) in [7, 11) is 0. The summed E-state index contributed by atoms with van der Waals surface area (Å²) in [6, 6.07) is 4.00. The molecule has 0 bridgehead atoms. The van der Waals surface area contributed by atoms with Crippen LogP contribution in [0.1, 0.15) is 44.0 Å². The second kappa shape index (κ2) is 9.02. The first-order chi connectivity index (χ1) is 10.8. The Morgan fingerprint density at radius 2 is 1.74 bits per heavy atom. The van der Waals surface area contributed by atoms with Gasteiger partial charge in [-0.25, -0.2) is 4.39 Å². The predicted octanol–water partition coefficient (Wildman–Crippen LogP) is 2.49. The third kappa shape index (κ3) is 6.59. The maximum atomic E-state index is 12.9. The van der Waals surface area contributed by atoms with E-state index < -0.39 is 23.7 Å². The summed E-state index contributed by atoms with van der Waals surface area (Å²) in [6.45, 7) is 5.62. The molecule has 1 aromatic carbocycles. The topological polar surface area (TPSA) is 72.5 Å². The van der Waals surface area contributed by atoms with Gasteiger partial charge < -0.3 is 10.1 Å². The van der Waals surface area contributed by atoms with E-state index in [1.807, 2.05) is 13.8 Å². The third-order valence-electron chi connectivity index (χ3n) is 3.09.